The number of hydrogen-bond acceptors (Lipinski definition) is 2. The first-order valence-corrected chi connectivity index (χ1v) is 15.3. The third kappa shape index (κ3) is 6.52. The summed E-state index contributed by atoms with van der Waals surface area (Å²) in [5.41, 5.74) is 4.00. The van der Waals surface area contributed by atoms with E-state index in [9.17, 15) is 5.11 Å². The standard InChI is InChI=1S/C21H25NO.2ClH.Zr/c1-15-8-10-20(11-9-15)22-14-19-13-18(12-16(2)21(19)23)17-6-4-3-5-7-17;;;/h3-7,12-15,20,23H,8-11H2,1-2H3;2*1H;/q;;;+2/p-2. The maximum atomic E-state index is 10.3. The zero-order valence-electron chi connectivity index (χ0n) is 15.3. The van der Waals surface area contributed by atoms with Gasteiger partial charge in [0.25, 0.3) is 0 Å². The Labute approximate surface area is 175 Å². The van der Waals surface area contributed by atoms with Crippen LogP contribution in [0.25, 0.3) is 11.1 Å². The van der Waals surface area contributed by atoms with Crippen LogP contribution in [0.2, 0.25) is 0 Å². The van der Waals surface area contributed by atoms with Crippen LogP contribution in [0.1, 0.15) is 43.7 Å². The Morgan fingerprint density at radius 3 is 2.27 bits per heavy atom. The van der Waals surface area contributed by atoms with Gasteiger partial charge in [0.2, 0.25) is 0 Å². The van der Waals surface area contributed by atoms with Gasteiger partial charge in [0.05, 0.1) is 0 Å². The van der Waals surface area contributed by atoms with E-state index >= 15 is 0 Å². The zero-order chi connectivity index (χ0) is 18.9. The second-order valence-corrected chi connectivity index (χ2v) is 10.6. The third-order valence-electron chi connectivity index (χ3n) is 4.85. The summed E-state index contributed by atoms with van der Waals surface area (Å²) < 4.78 is 0. The van der Waals surface area contributed by atoms with Crippen molar-refractivity contribution in [3.63, 3.8) is 0 Å². The van der Waals surface area contributed by atoms with Crippen molar-refractivity contribution in [3.8, 4) is 16.9 Å². The molecule has 1 fully saturated rings. The monoisotopic (exact) mass is 467 g/mol. The Morgan fingerprint density at radius 2 is 1.65 bits per heavy atom. The van der Waals surface area contributed by atoms with E-state index in [0.29, 0.717) is 11.8 Å². The maximum absolute atomic E-state index is 10.3. The van der Waals surface area contributed by atoms with Crippen molar-refractivity contribution < 1.29 is 26.0 Å². The zero-order valence-corrected chi connectivity index (χ0v) is 19.2. The fraction of sp³-hybridized carbons (Fsp3) is 0.381. The van der Waals surface area contributed by atoms with Gasteiger partial charge in [-0.05, 0) is 67.3 Å². The molecule has 2 aromatic carbocycles. The van der Waals surface area contributed by atoms with Crippen LogP contribution in [-0.4, -0.2) is 17.4 Å². The van der Waals surface area contributed by atoms with Crippen LogP contribution < -0.4 is 0 Å². The summed E-state index contributed by atoms with van der Waals surface area (Å²) in [6, 6.07) is 14.7. The van der Waals surface area contributed by atoms with Crippen molar-refractivity contribution in [2.24, 2.45) is 10.9 Å². The fourth-order valence-corrected chi connectivity index (χ4v) is 3.28. The summed E-state index contributed by atoms with van der Waals surface area (Å²) in [7, 11) is 9.87. The number of benzene rings is 2. The summed E-state index contributed by atoms with van der Waals surface area (Å²) in [5.74, 6) is 1.18. The van der Waals surface area contributed by atoms with Crippen LogP contribution in [0.3, 0.4) is 0 Å². The fourth-order valence-electron chi connectivity index (χ4n) is 3.28. The summed E-state index contributed by atoms with van der Waals surface area (Å²) in [5, 5.41) is 10.3. The van der Waals surface area contributed by atoms with Gasteiger partial charge in [-0.1, -0.05) is 37.3 Å². The van der Waals surface area contributed by atoms with Gasteiger partial charge in [-0.3, -0.25) is 4.99 Å². The van der Waals surface area contributed by atoms with Crippen LogP contribution in [0, 0.1) is 12.8 Å². The van der Waals surface area contributed by atoms with Crippen LogP contribution in [0.4, 0.5) is 0 Å². The van der Waals surface area contributed by atoms with Gasteiger partial charge in [-0.2, -0.15) is 0 Å². The van der Waals surface area contributed by atoms with Crippen molar-refractivity contribution in [3.05, 3.63) is 53.6 Å². The number of phenols is 1. The van der Waals surface area contributed by atoms with Gasteiger partial charge in [0.15, 0.2) is 0 Å². The summed E-state index contributed by atoms with van der Waals surface area (Å²) >= 11 is -0.826. The van der Waals surface area contributed by atoms with E-state index in [2.05, 4.69) is 19.1 Å². The van der Waals surface area contributed by atoms with E-state index in [1.54, 1.807) is 0 Å². The molecule has 1 aliphatic rings. The van der Waals surface area contributed by atoms with Gasteiger partial charge >= 0.3 is 37.9 Å². The normalized spacial score (nSPS) is 19.7. The number of nitrogens with zero attached hydrogens (tertiary/aromatic N) is 1. The molecular formula is C21H25Cl2NOZr. The van der Waals surface area contributed by atoms with Gasteiger partial charge in [0.1, 0.15) is 5.75 Å². The number of aromatic hydroxyl groups is 1. The molecule has 0 radical (unpaired) electrons. The molecule has 0 saturated heterocycles. The molecule has 0 unspecified atom stereocenters. The average molecular weight is 470 g/mol. The average Bonchev–Trinajstić information content (AvgIpc) is 2.65. The second kappa shape index (κ2) is 11.3. The first-order valence-electron chi connectivity index (χ1n) is 8.93. The van der Waals surface area contributed by atoms with Gasteiger partial charge in [-0.15, -0.1) is 0 Å². The van der Waals surface area contributed by atoms with E-state index in [1.807, 2.05) is 43.5 Å². The van der Waals surface area contributed by atoms with Gasteiger partial charge in [0, 0.05) is 17.8 Å². The summed E-state index contributed by atoms with van der Waals surface area (Å²) in [6.45, 7) is 4.26. The molecule has 0 heterocycles. The molecule has 0 bridgehead atoms. The molecule has 0 spiro atoms. The Balaban J connectivity index is 0.000000758. The van der Waals surface area contributed by atoms with Crippen LogP contribution in [0.15, 0.2) is 47.5 Å². The van der Waals surface area contributed by atoms with E-state index in [4.69, 9.17) is 22.0 Å². The number of rotatable bonds is 3. The molecule has 5 heteroatoms. The van der Waals surface area contributed by atoms with Crippen LogP contribution in [0.5, 0.6) is 5.75 Å². The molecule has 0 aromatic heterocycles. The molecule has 0 amide bonds. The van der Waals surface area contributed by atoms with E-state index < -0.39 is 20.8 Å². The first kappa shape index (κ1) is 21.7. The van der Waals surface area contributed by atoms with Crippen molar-refractivity contribution in [2.75, 3.05) is 0 Å². The molecule has 26 heavy (non-hydrogen) atoms. The Kier molecular flexibility index (Phi) is 9.39. The summed E-state index contributed by atoms with van der Waals surface area (Å²) in [6.07, 6.45) is 6.72. The first-order chi connectivity index (χ1) is 12.5. The number of halogens is 2. The molecule has 0 aliphatic heterocycles. The molecule has 1 aliphatic carbocycles. The van der Waals surface area contributed by atoms with E-state index in [1.165, 1.54) is 12.8 Å². The molecule has 1 saturated carbocycles. The predicted octanol–water partition coefficient (Wildman–Crippen LogP) is 6.74. The molecule has 138 valence electrons. The minimum absolute atomic E-state index is 0.345. The topological polar surface area (TPSA) is 32.6 Å². The third-order valence-corrected chi connectivity index (χ3v) is 4.85. The predicted molar refractivity (Wildman–Crippen MR) is 109 cm³/mol. The van der Waals surface area contributed by atoms with E-state index in [0.717, 1.165) is 41.0 Å². The molecule has 3 rings (SSSR count). The number of aliphatic imine (C=N–C) groups is 1. The van der Waals surface area contributed by atoms with Crippen LogP contribution in [-0.2, 0) is 20.8 Å². The number of hydrogen-bond donors (Lipinski definition) is 1. The molecule has 0 atom stereocenters. The van der Waals surface area contributed by atoms with Crippen molar-refractivity contribution in [1.29, 1.82) is 0 Å². The molecule has 2 aromatic rings. The number of phenolic OH excluding ortho intramolecular Hbond substituents is 1. The molecular weight excluding hydrogens is 444 g/mol. The van der Waals surface area contributed by atoms with Gasteiger partial charge in [-0.25, -0.2) is 0 Å². The van der Waals surface area contributed by atoms with Crippen LogP contribution >= 0.6 is 17.0 Å². The van der Waals surface area contributed by atoms with Crippen molar-refractivity contribution in [2.45, 2.75) is 45.6 Å². The number of aryl methyl sites for hydroxylation is 1. The van der Waals surface area contributed by atoms with Crippen molar-refractivity contribution >= 4 is 23.2 Å². The molecule has 2 nitrogen and oxygen atoms in total. The minimum atomic E-state index is -0.826. The van der Waals surface area contributed by atoms with E-state index in [-0.39, 0.29) is 0 Å². The Morgan fingerprint density at radius 1 is 1.04 bits per heavy atom. The summed E-state index contributed by atoms with van der Waals surface area (Å²) in [4.78, 5) is 4.74. The quantitative estimate of drug-likeness (QED) is 0.496. The second-order valence-electron chi connectivity index (χ2n) is 6.86. The Hall–Kier alpha value is -0.627. The Bertz CT molecular complexity index is 713. The SMILES string of the molecule is Cc1cc(-c2ccccc2)cc(C=NC2CCC(C)CC2)c1O.[Cl][Zr][Cl]. The molecule has 1 N–H and O–H groups in total. The van der Waals surface area contributed by atoms with Gasteiger partial charge < -0.3 is 5.11 Å². The van der Waals surface area contributed by atoms with Crippen molar-refractivity contribution in [1.82, 2.24) is 0 Å².